The van der Waals surface area contributed by atoms with Crippen LogP contribution in [0.4, 0.5) is 0 Å². The second-order valence-electron chi connectivity index (χ2n) is 15.4. The van der Waals surface area contributed by atoms with E-state index >= 15 is 0 Å². The fourth-order valence-electron chi connectivity index (χ4n) is 10.9. The van der Waals surface area contributed by atoms with Crippen LogP contribution in [0.1, 0.15) is 105 Å². The minimum atomic E-state index is -0.531. The number of hydrogen-bond acceptors (Lipinski definition) is 5. The molecule has 0 N–H and O–H groups in total. The molecule has 0 bridgehead atoms. The topological polar surface area (TPSA) is 69.4 Å². The molecular formula is C32H45NO4. The third-order valence-corrected chi connectivity index (χ3v) is 12.9. The molecule has 1 aromatic heterocycles. The number of fused-ring (bicyclic) bond motifs is 8. The van der Waals surface area contributed by atoms with Gasteiger partial charge in [0.25, 0.3) is 0 Å². The number of rotatable bonds is 1. The van der Waals surface area contributed by atoms with Crippen LogP contribution in [0.25, 0.3) is 0 Å². The summed E-state index contributed by atoms with van der Waals surface area (Å²) in [6.07, 6.45) is 11.5. The number of esters is 1. The molecule has 1 aromatic rings. The van der Waals surface area contributed by atoms with Crippen molar-refractivity contribution in [1.82, 2.24) is 5.16 Å². The van der Waals surface area contributed by atoms with Crippen molar-refractivity contribution in [2.45, 2.75) is 105 Å². The summed E-state index contributed by atoms with van der Waals surface area (Å²) in [5, 5.41) is 4.19. The Kier molecular flexibility index (Phi) is 5.06. The molecule has 5 aliphatic carbocycles. The third kappa shape index (κ3) is 2.95. The first-order valence-corrected chi connectivity index (χ1v) is 14.5. The highest BCUT2D eigenvalue weighted by Gasteiger charge is 2.71. The van der Waals surface area contributed by atoms with Gasteiger partial charge in [-0.3, -0.25) is 9.59 Å². The summed E-state index contributed by atoms with van der Waals surface area (Å²) >= 11 is 0. The van der Waals surface area contributed by atoms with Gasteiger partial charge in [0, 0.05) is 16.9 Å². The van der Waals surface area contributed by atoms with Crippen LogP contribution >= 0.6 is 0 Å². The largest absolute Gasteiger partial charge is 0.469 e. The average Bonchev–Trinajstić information content (AvgIpc) is 3.28. The molecule has 0 aromatic carbocycles. The summed E-state index contributed by atoms with van der Waals surface area (Å²) in [4.78, 5) is 27.9. The number of ether oxygens (including phenoxy) is 1. The van der Waals surface area contributed by atoms with E-state index in [0.717, 1.165) is 57.1 Å². The second kappa shape index (κ2) is 7.39. The van der Waals surface area contributed by atoms with Gasteiger partial charge in [-0.05, 0) is 90.9 Å². The zero-order valence-corrected chi connectivity index (χ0v) is 24.1. The van der Waals surface area contributed by atoms with Gasteiger partial charge in [-0.25, -0.2) is 0 Å². The Balaban J connectivity index is 1.51. The predicted octanol–water partition coefficient (Wildman–Crippen LogP) is 6.84. The van der Waals surface area contributed by atoms with Crippen LogP contribution in [0.15, 0.2) is 22.4 Å². The average molecular weight is 508 g/mol. The van der Waals surface area contributed by atoms with Crippen LogP contribution in [0.2, 0.25) is 0 Å². The van der Waals surface area contributed by atoms with Crippen LogP contribution in [0.5, 0.6) is 0 Å². The maximum atomic E-state index is 14.5. The highest BCUT2D eigenvalue weighted by Crippen LogP contribution is 2.74. The molecule has 5 heteroatoms. The van der Waals surface area contributed by atoms with E-state index < -0.39 is 5.41 Å². The standard InChI is InChI=1S/C32H45NO4/c1-27(2)11-13-32(26(35)36-8)14-12-31(7)24(20(32)17-27)21(34)15-23-29(5)16-19-18-33-37-25(19)28(3,4)22(29)9-10-30(23,31)6/h15,18,20,22,24H,9-14,16-17H2,1-8H3/t20?,22-,24?,29-,30+,31+,32-/m0/s1. The SMILES string of the molecule is COC(=O)[C@]12CCC(C)(C)CC1C1C(=O)C=C3[C@@]4(C)Cc5cnoc5C(C)(C)[C@@H]4CC[C@@]3(C)[C@]1(C)CC2. The van der Waals surface area contributed by atoms with E-state index in [4.69, 9.17) is 9.26 Å². The molecule has 202 valence electrons. The van der Waals surface area contributed by atoms with E-state index in [2.05, 4.69) is 59.7 Å². The molecule has 5 aliphatic rings. The summed E-state index contributed by atoms with van der Waals surface area (Å²) in [7, 11) is 1.52. The molecule has 2 unspecified atom stereocenters. The van der Waals surface area contributed by atoms with Crippen LogP contribution in [-0.2, 0) is 26.2 Å². The van der Waals surface area contributed by atoms with E-state index in [-0.39, 0.29) is 50.7 Å². The highest BCUT2D eigenvalue weighted by atomic mass is 16.5. The van der Waals surface area contributed by atoms with Gasteiger partial charge < -0.3 is 9.26 Å². The Hall–Kier alpha value is -1.91. The number of aromatic nitrogens is 1. The summed E-state index contributed by atoms with van der Waals surface area (Å²) in [6, 6.07) is 0. The van der Waals surface area contributed by atoms with E-state index in [1.54, 1.807) is 0 Å². The van der Waals surface area contributed by atoms with E-state index in [1.807, 2.05) is 6.20 Å². The normalized spacial score (nSPS) is 45.4. The van der Waals surface area contributed by atoms with Crippen molar-refractivity contribution in [2.24, 2.45) is 44.8 Å². The zero-order chi connectivity index (χ0) is 26.8. The number of nitrogens with zero attached hydrogens (tertiary/aromatic N) is 1. The number of methoxy groups -OCH3 is 1. The molecule has 6 rings (SSSR count). The molecule has 37 heavy (non-hydrogen) atoms. The summed E-state index contributed by atoms with van der Waals surface area (Å²) in [5.41, 5.74) is 1.59. The van der Waals surface area contributed by atoms with Gasteiger partial charge in [0.2, 0.25) is 0 Å². The highest BCUT2D eigenvalue weighted by molar-refractivity contribution is 5.96. The molecular weight excluding hydrogens is 462 g/mol. The Bertz CT molecular complexity index is 1210. The number of ketones is 1. The van der Waals surface area contributed by atoms with Gasteiger partial charge >= 0.3 is 5.97 Å². The van der Waals surface area contributed by atoms with Gasteiger partial charge in [-0.2, -0.15) is 0 Å². The van der Waals surface area contributed by atoms with Crippen molar-refractivity contribution in [3.63, 3.8) is 0 Å². The lowest BCUT2D eigenvalue weighted by atomic mass is 9.34. The lowest BCUT2D eigenvalue weighted by Gasteiger charge is -2.69. The van der Waals surface area contributed by atoms with Crippen molar-refractivity contribution < 1.29 is 18.8 Å². The molecule has 0 saturated heterocycles. The molecule has 0 radical (unpaired) electrons. The van der Waals surface area contributed by atoms with Crippen molar-refractivity contribution in [3.8, 4) is 0 Å². The predicted molar refractivity (Wildman–Crippen MR) is 142 cm³/mol. The first-order chi connectivity index (χ1) is 17.2. The van der Waals surface area contributed by atoms with Gasteiger partial charge in [-0.15, -0.1) is 0 Å². The number of carbonyl (C=O) groups excluding carboxylic acids is 2. The molecule has 7 atom stereocenters. The molecule has 0 spiro atoms. The lowest BCUT2D eigenvalue weighted by molar-refractivity contribution is -0.191. The summed E-state index contributed by atoms with van der Waals surface area (Å²) in [5.74, 6) is 1.46. The van der Waals surface area contributed by atoms with Crippen LogP contribution < -0.4 is 0 Å². The summed E-state index contributed by atoms with van der Waals surface area (Å²) < 4.78 is 11.2. The monoisotopic (exact) mass is 507 g/mol. The Morgan fingerprint density at radius 2 is 1.73 bits per heavy atom. The third-order valence-electron chi connectivity index (χ3n) is 12.9. The molecule has 1 heterocycles. The fourth-order valence-corrected chi connectivity index (χ4v) is 10.9. The van der Waals surface area contributed by atoms with E-state index in [0.29, 0.717) is 5.92 Å². The second-order valence-corrected chi connectivity index (χ2v) is 15.4. The molecule has 0 aliphatic heterocycles. The van der Waals surface area contributed by atoms with Crippen molar-refractivity contribution in [3.05, 3.63) is 29.2 Å². The Labute approximate surface area is 222 Å². The van der Waals surface area contributed by atoms with Gasteiger partial charge in [0.1, 0.15) is 5.76 Å². The Morgan fingerprint density at radius 3 is 2.43 bits per heavy atom. The summed E-state index contributed by atoms with van der Waals surface area (Å²) in [6.45, 7) is 16.5. The maximum absolute atomic E-state index is 14.5. The van der Waals surface area contributed by atoms with E-state index in [1.165, 1.54) is 18.2 Å². The van der Waals surface area contributed by atoms with Gasteiger partial charge in [-0.1, -0.05) is 59.2 Å². The smallest absolute Gasteiger partial charge is 0.312 e. The maximum Gasteiger partial charge on any atom is 0.312 e. The van der Waals surface area contributed by atoms with E-state index in [9.17, 15) is 9.59 Å². The number of allylic oxidation sites excluding steroid dienone is 2. The number of hydrogen-bond donors (Lipinski definition) is 0. The van der Waals surface area contributed by atoms with Gasteiger partial charge in [0.15, 0.2) is 5.78 Å². The zero-order valence-electron chi connectivity index (χ0n) is 24.1. The first-order valence-electron chi connectivity index (χ1n) is 14.5. The molecule has 5 nitrogen and oxygen atoms in total. The molecule has 3 fully saturated rings. The quantitative estimate of drug-likeness (QED) is 0.389. The lowest BCUT2D eigenvalue weighted by Crippen LogP contribution is -2.66. The van der Waals surface area contributed by atoms with Crippen molar-refractivity contribution in [1.29, 1.82) is 0 Å². The van der Waals surface area contributed by atoms with Crippen molar-refractivity contribution >= 4 is 11.8 Å². The minimum absolute atomic E-state index is 0.0302. The molecule has 3 saturated carbocycles. The van der Waals surface area contributed by atoms with Gasteiger partial charge in [0.05, 0.1) is 18.7 Å². The first kappa shape index (κ1) is 25.4. The van der Waals surface area contributed by atoms with Crippen molar-refractivity contribution in [2.75, 3.05) is 7.11 Å². The van der Waals surface area contributed by atoms with Crippen LogP contribution in [0, 0.1) is 44.8 Å². The Morgan fingerprint density at radius 1 is 1.03 bits per heavy atom. The molecule has 0 amide bonds. The fraction of sp³-hybridized carbons (Fsp3) is 0.781. The number of carbonyl (C=O) groups is 2. The van der Waals surface area contributed by atoms with Crippen LogP contribution in [0.3, 0.4) is 0 Å². The van der Waals surface area contributed by atoms with Crippen LogP contribution in [-0.4, -0.2) is 24.0 Å². The minimum Gasteiger partial charge on any atom is -0.469 e.